The normalized spacial score (nSPS) is 9.85. The third-order valence-corrected chi connectivity index (χ3v) is 2.90. The zero-order valence-corrected chi connectivity index (χ0v) is 10.9. The van der Waals surface area contributed by atoms with Gasteiger partial charge in [-0.1, -0.05) is 60.7 Å². The molecule has 0 unspecified atom stereocenters. The molecule has 0 saturated carbocycles. The first kappa shape index (κ1) is 13.9. The molecule has 0 aromatic heterocycles. The molecule has 3 nitrogen and oxygen atoms in total. The van der Waals surface area contributed by atoms with Gasteiger partial charge in [-0.2, -0.15) is 0 Å². The van der Waals surface area contributed by atoms with Crippen LogP contribution in [0.4, 0.5) is 0 Å². The van der Waals surface area contributed by atoms with Crippen molar-refractivity contribution < 1.29 is 15.3 Å². The minimum absolute atomic E-state index is 0.0481. The third-order valence-electron chi connectivity index (χ3n) is 2.90. The molecular formula is C17H16O3. The van der Waals surface area contributed by atoms with E-state index in [9.17, 15) is 5.11 Å². The molecule has 3 rings (SSSR count). The molecule has 0 bridgehead atoms. The fourth-order valence-electron chi connectivity index (χ4n) is 1.83. The molecule has 0 amide bonds. The fourth-order valence-corrected chi connectivity index (χ4v) is 1.83. The van der Waals surface area contributed by atoms with Crippen molar-refractivity contribution in [1.82, 2.24) is 0 Å². The Hall–Kier alpha value is -2.52. The molecule has 0 saturated heterocycles. The molecule has 3 aromatic rings. The van der Waals surface area contributed by atoms with Gasteiger partial charge < -0.3 is 15.3 Å². The Kier molecular flexibility index (Phi) is 4.58. The number of aliphatic hydroxyl groups excluding tert-OH is 1. The van der Waals surface area contributed by atoms with E-state index < -0.39 is 0 Å². The molecule has 0 aliphatic heterocycles. The fraction of sp³-hybridized carbons (Fsp3) is 0.0588. The van der Waals surface area contributed by atoms with Crippen LogP contribution >= 0.6 is 0 Å². The second-order valence-electron chi connectivity index (χ2n) is 4.30. The van der Waals surface area contributed by atoms with Crippen LogP contribution < -0.4 is 0 Å². The largest absolute Gasteiger partial charge is 0.504 e. The summed E-state index contributed by atoms with van der Waals surface area (Å²) in [5, 5.41) is 28.7. The molecule has 3 N–H and O–H groups in total. The van der Waals surface area contributed by atoms with Crippen LogP contribution in [0.2, 0.25) is 0 Å². The van der Waals surface area contributed by atoms with E-state index in [0.29, 0.717) is 5.39 Å². The van der Waals surface area contributed by atoms with Gasteiger partial charge in [0.05, 0.1) is 6.61 Å². The standard InChI is InChI=1S/C10H8O2.C7H8O/c11-9-6-5-7-3-1-2-4-8(7)10(9)12;8-6-7-4-2-1-3-5-7/h1-6,11-12H;1-5,8H,6H2. The first-order valence-electron chi connectivity index (χ1n) is 6.27. The van der Waals surface area contributed by atoms with Crippen LogP contribution in [-0.4, -0.2) is 15.3 Å². The Bertz CT molecular complexity index is 678. The number of phenolic OH excluding ortho intramolecular Hbond substituents is 2. The lowest BCUT2D eigenvalue weighted by atomic mass is 10.1. The summed E-state index contributed by atoms with van der Waals surface area (Å²) in [5.74, 6) is -0.123. The molecule has 0 radical (unpaired) electrons. The predicted octanol–water partition coefficient (Wildman–Crippen LogP) is 3.43. The third kappa shape index (κ3) is 3.28. The topological polar surface area (TPSA) is 60.7 Å². The van der Waals surface area contributed by atoms with Crippen molar-refractivity contribution >= 4 is 10.8 Å². The van der Waals surface area contributed by atoms with E-state index in [1.165, 1.54) is 6.07 Å². The summed E-state index contributed by atoms with van der Waals surface area (Å²) in [6.07, 6.45) is 0. The van der Waals surface area contributed by atoms with Gasteiger partial charge in [-0.05, 0) is 17.0 Å². The quantitative estimate of drug-likeness (QED) is 0.592. The summed E-state index contributed by atoms with van der Waals surface area (Å²) >= 11 is 0. The van der Waals surface area contributed by atoms with Crippen molar-refractivity contribution in [2.45, 2.75) is 6.61 Å². The van der Waals surface area contributed by atoms with Gasteiger partial charge in [0.25, 0.3) is 0 Å². The van der Waals surface area contributed by atoms with Gasteiger partial charge in [0.15, 0.2) is 11.5 Å². The molecule has 102 valence electrons. The Morgan fingerprint density at radius 3 is 2.00 bits per heavy atom. The van der Waals surface area contributed by atoms with Gasteiger partial charge in [0, 0.05) is 5.39 Å². The molecule has 3 heteroatoms. The van der Waals surface area contributed by atoms with E-state index in [2.05, 4.69) is 0 Å². The average molecular weight is 268 g/mol. The van der Waals surface area contributed by atoms with Crippen LogP contribution in [0.5, 0.6) is 11.5 Å². The summed E-state index contributed by atoms with van der Waals surface area (Å²) in [5.41, 5.74) is 0.965. The number of fused-ring (bicyclic) bond motifs is 1. The Morgan fingerprint density at radius 1 is 0.700 bits per heavy atom. The van der Waals surface area contributed by atoms with Crippen LogP contribution in [-0.2, 0) is 6.61 Å². The van der Waals surface area contributed by atoms with Crippen LogP contribution in [0.15, 0.2) is 66.7 Å². The minimum Gasteiger partial charge on any atom is -0.504 e. The van der Waals surface area contributed by atoms with E-state index in [1.54, 1.807) is 12.1 Å². The van der Waals surface area contributed by atoms with E-state index in [4.69, 9.17) is 10.2 Å². The maximum atomic E-state index is 9.41. The average Bonchev–Trinajstić information content (AvgIpc) is 2.53. The van der Waals surface area contributed by atoms with Crippen LogP contribution in [0.1, 0.15) is 5.56 Å². The Morgan fingerprint density at radius 2 is 1.35 bits per heavy atom. The number of hydrogen-bond donors (Lipinski definition) is 3. The predicted molar refractivity (Wildman–Crippen MR) is 79.6 cm³/mol. The molecule has 0 aliphatic rings. The highest BCUT2D eigenvalue weighted by Crippen LogP contribution is 2.32. The van der Waals surface area contributed by atoms with Crippen molar-refractivity contribution in [3.8, 4) is 11.5 Å². The lowest BCUT2D eigenvalue weighted by Crippen LogP contribution is -1.77. The van der Waals surface area contributed by atoms with Gasteiger partial charge in [-0.15, -0.1) is 0 Å². The Balaban J connectivity index is 0.000000160. The molecule has 0 fully saturated rings. The molecule has 3 aromatic carbocycles. The van der Waals surface area contributed by atoms with E-state index in [-0.39, 0.29) is 18.1 Å². The zero-order chi connectivity index (χ0) is 14.4. The maximum Gasteiger partial charge on any atom is 0.165 e. The molecule has 0 heterocycles. The summed E-state index contributed by atoms with van der Waals surface area (Å²) in [6.45, 7) is 0.140. The molecular weight excluding hydrogens is 252 g/mol. The number of aliphatic hydroxyl groups is 1. The van der Waals surface area contributed by atoms with E-state index in [0.717, 1.165) is 10.9 Å². The summed E-state index contributed by atoms with van der Waals surface area (Å²) in [4.78, 5) is 0. The van der Waals surface area contributed by atoms with Gasteiger partial charge in [-0.3, -0.25) is 0 Å². The monoisotopic (exact) mass is 268 g/mol. The first-order chi connectivity index (χ1) is 9.72. The molecule has 0 spiro atoms. The van der Waals surface area contributed by atoms with Gasteiger partial charge >= 0.3 is 0 Å². The number of phenols is 2. The van der Waals surface area contributed by atoms with Crippen molar-refractivity contribution in [3.05, 3.63) is 72.3 Å². The maximum absolute atomic E-state index is 9.41. The number of rotatable bonds is 1. The van der Waals surface area contributed by atoms with E-state index >= 15 is 0 Å². The van der Waals surface area contributed by atoms with Crippen LogP contribution in [0.3, 0.4) is 0 Å². The van der Waals surface area contributed by atoms with Gasteiger partial charge in [-0.25, -0.2) is 0 Å². The summed E-state index contributed by atoms with van der Waals surface area (Å²) in [6, 6.07) is 20.1. The van der Waals surface area contributed by atoms with Gasteiger partial charge in [0.1, 0.15) is 0 Å². The van der Waals surface area contributed by atoms with Crippen molar-refractivity contribution in [3.63, 3.8) is 0 Å². The Labute approximate surface area is 117 Å². The van der Waals surface area contributed by atoms with Crippen LogP contribution in [0.25, 0.3) is 10.8 Å². The molecule has 20 heavy (non-hydrogen) atoms. The van der Waals surface area contributed by atoms with E-state index in [1.807, 2.05) is 48.5 Å². The minimum atomic E-state index is -0.0753. The van der Waals surface area contributed by atoms with Crippen molar-refractivity contribution in [2.24, 2.45) is 0 Å². The SMILES string of the molecule is OCc1ccccc1.Oc1ccc2ccccc2c1O. The van der Waals surface area contributed by atoms with Crippen LogP contribution in [0, 0.1) is 0 Å². The number of benzene rings is 3. The second kappa shape index (κ2) is 6.59. The number of aromatic hydroxyl groups is 2. The number of hydrogen-bond acceptors (Lipinski definition) is 3. The van der Waals surface area contributed by atoms with Crippen molar-refractivity contribution in [2.75, 3.05) is 0 Å². The smallest absolute Gasteiger partial charge is 0.165 e. The lowest BCUT2D eigenvalue weighted by molar-refractivity contribution is 0.282. The summed E-state index contributed by atoms with van der Waals surface area (Å²) in [7, 11) is 0. The summed E-state index contributed by atoms with van der Waals surface area (Å²) < 4.78 is 0. The first-order valence-corrected chi connectivity index (χ1v) is 6.27. The molecule has 0 aliphatic carbocycles. The lowest BCUT2D eigenvalue weighted by Gasteiger charge is -2.01. The highest BCUT2D eigenvalue weighted by molar-refractivity contribution is 5.90. The zero-order valence-electron chi connectivity index (χ0n) is 10.9. The van der Waals surface area contributed by atoms with Gasteiger partial charge in [0.2, 0.25) is 0 Å². The second-order valence-corrected chi connectivity index (χ2v) is 4.30. The molecule has 0 atom stereocenters. The highest BCUT2D eigenvalue weighted by atomic mass is 16.3. The van der Waals surface area contributed by atoms with Crippen molar-refractivity contribution in [1.29, 1.82) is 0 Å². The highest BCUT2D eigenvalue weighted by Gasteiger charge is 2.02.